The number of hydrogen-bond donors (Lipinski definition) is 3. The fraction of sp³-hybridized carbons (Fsp3) is 0.391. The van der Waals surface area contributed by atoms with Crippen LogP contribution in [0.4, 0.5) is 18.9 Å². The number of aliphatic hydroxyl groups is 1. The fourth-order valence-electron chi connectivity index (χ4n) is 5.55. The summed E-state index contributed by atoms with van der Waals surface area (Å²) in [5.74, 6) is -5.69. The van der Waals surface area contributed by atoms with Gasteiger partial charge in [-0.1, -0.05) is 11.6 Å². The highest BCUT2D eigenvalue weighted by Crippen LogP contribution is 2.53. The summed E-state index contributed by atoms with van der Waals surface area (Å²) in [6.07, 6.45) is 1.87. The first kappa shape index (κ1) is 25.6. The molecule has 1 aromatic heterocycles. The van der Waals surface area contributed by atoms with Crippen molar-refractivity contribution < 1.29 is 31.5 Å². The van der Waals surface area contributed by atoms with Gasteiger partial charge in [-0.15, -0.1) is 5.10 Å². The topological polar surface area (TPSA) is 138 Å². The van der Waals surface area contributed by atoms with Crippen LogP contribution in [-0.2, 0) is 16.3 Å². The Morgan fingerprint density at radius 3 is 2.38 bits per heavy atom. The summed E-state index contributed by atoms with van der Waals surface area (Å²) < 4.78 is 67.5. The van der Waals surface area contributed by atoms with Gasteiger partial charge in [-0.2, -0.15) is 0 Å². The third-order valence-corrected chi connectivity index (χ3v) is 10.0. The molecule has 2 aliphatic rings. The normalized spacial score (nSPS) is 25.3. The van der Waals surface area contributed by atoms with Crippen molar-refractivity contribution in [3.05, 3.63) is 64.2 Å². The number of sulfone groups is 1. The smallest absolute Gasteiger partial charge is 0.255 e. The van der Waals surface area contributed by atoms with Gasteiger partial charge in [0.15, 0.2) is 33.1 Å². The van der Waals surface area contributed by atoms with E-state index >= 15 is 0 Å². The number of tetrazole rings is 1. The van der Waals surface area contributed by atoms with Crippen LogP contribution < -0.4 is 5.32 Å². The summed E-state index contributed by atoms with van der Waals surface area (Å²) in [6, 6.07) is 4.84. The van der Waals surface area contributed by atoms with E-state index < -0.39 is 44.0 Å². The van der Waals surface area contributed by atoms with Crippen LogP contribution >= 0.6 is 11.6 Å². The Bertz CT molecular complexity index is 1430. The van der Waals surface area contributed by atoms with Gasteiger partial charge in [0.1, 0.15) is 0 Å². The van der Waals surface area contributed by atoms with Crippen molar-refractivity contribution in [1.82, 2.24) is 20.6 Å². The second-order valence-electron chi connectivity index (χ2n) is 9.48. The minimum atomic E-state index is -4.02. The predicted molar refractivity (Wildman–Crippen MR) is 125 cm³/mol. The van der Waals surface area contributed by atoms with E-state index in [-0.39, 0.29) is 52.3 Å². The standard InChI is InChI=1S/C23H21ClF3N5O4S/c24-16-4-1-11(22(33)28-14-8-17(25)21(27)18(26)9-14)5-19(16)37(35,36)15-6-12-2-3-13(7-15)23(12,34)10-20-29-31-32-30-20/h1,4-5,8-9,12-13,15,34H,2-3,6-7,10H2,(H,28,33)(H,29,30,31,32)/t12?,13?,15-,23-. The molecule has 2 saturated carbocycles. The third kappa shape index (κ3) is 4.59. The number of anilines is 1. The zero-order chi connectivity index (χ0) is 26.5. The highest BCUT2D eigenvalue weighted by molar-refractivity contribution is 7.92. The number of nitrogens with one attached hydrogen (secondary N) is 2. The lowest BCUT2D eigenvalue weighted by atomic mass is 9.72. The number of carbonyl (C=O) groups excluding carboxylic acids is 1. The number of benzene rings is 2. The molecule has 196 valence electrons. The Kier molecular flexibility index (Phi) is 6.49. The SMILES string of the molecule is O=C(Nc1cc(F)c(F)c(F)c1)c1ccc(Cl)c(S(=O)(=O)[C@H]2CC3CCC(C2)[C@]3(O)Cc2nnn[nH]2)c1. The van der Waals surface area contributed by atoms with Crippen LogP contribution in [0.15, 0.2) is 35.2 Å². The fourth-order valence-corrected chi connectivity index (χ4v) is 7.95. The van der Waals surface area contributed by atoms with Crippen LogP contribution in [0.3, 0.4) is 0 Å². The van der Waals surface area contributed by atoms with E-state index in [1.807, 2.05) is 0 Å². The van der Waals surface area contributed by atoms with Crippen molar-refractivity contribution in [2.24, 2.45) is 11.8 Å². The molecule has 3 N–H and O–H groups in total. The number of nitrogens with zero attached hydrogens (tertiary/aromatic N) is 3. The largest absolute Gasteiger partial charge is 0.389 e. The van der Waals surface area contributed by atoms with Crippen molar-refractivity contribution in [3.63, 3.8) is 0 Å². The zero-order valence-corrected chi connectivity index (χ0v) is 20.7. The van der Waals surface area contributed by atoms with Gasteiger partial charge in [-0.25, -0.2) is 26.7 Å². The van der Waals surface area contributed by atoms with Crippen molar-refractivity contribution in [1.29, 1.82) is 0 Å². The Morgan fingerprint density at radius 1 is 1.14 bits per heavy atom. The van der Waals surface area contributed by atoms with E-state index in [1.54, 1.807) is 0 Å². The number of carbonyl (C=O) groups is 1. The van der Waals surface area contributed by atoms with Crippen LogP contribution in [-0.4, -0.2) is 50.9 Å². The first-order valence-electron chi connectivity index (χ1n) is 11.4. The van der Waals surface area contributed by atoms with Crippen molar-refractivity contribution in [2.45, 2.75) is 47.9 Å². The van der Waals surface area contributed by atoms with Gasteiger partial charge in [0.25, 0.3) is 5.91 Å². The molecule has 2 bridgehead atoms. The highest BCUT2D eigenvalue weighted by Gasteiger charge is 2.56. The molecule has 0 saturated heterocycles. The third-order valence-electron chi connectivity index (χ3n) is 7.39. The van der Waals surface area contributed by atoms with Crippen LogP contribution in [0.5, 0.6) is 0 Å². The van der Waals surface area contributed by atoms with Gasteiger partial charge in [0.05, 0.1) is 20.8 Å². The van der Waals surface area contributed by atoms with E-state index in [9.17, 15) is 31.5 Å². The van der Waals surface area contributed by atoms with E-state index in [2.05, 4.69) is 25.9 Å². The van der Waals surface area contributed by atoms with Gasteiger partial charge in [0, 0.05) is 29.8 Å². The molecule has 2 fully saturated rings. The Hall–Kier alpha value is -3.03. The van der Waals surface area contributed by atoms with E-state index in [1.165, 1.54) is 12.1 Å². The van der Waals surface area contributed by atoms with E-state index in [4.69, 9.17) is 11.6 Å². The molecular weight excluding hydrogens is 535 g/mol. The second kappa shape index (κ2) is 9.37. The first-order valence-corrected chi connectivity index (χ1v) is 13.4. The zero-order valence-electron chi connectivity index (χ0n) is 19.1. The number of aromatic nitrogens is 4. The van der Waals surface area contributed by atoms with Crippen LogP contribution in [0.2, 0.25) is 5.02 Å². The number of H-pyrrole nitrogens is 1. The molecule has 3 aromatic rings. The lowest BCUT2D eigenvalue weighted by Crippen LogP contribution is -2.49. The van der Waals surface area contributed by atoms with E-state index in [0.717, 1.165) is 6.07 Å². The molecule has 2 aromatic carbocycles. The minimum absolute atomic E-state index is 0.0867. The molecule has 0 spiro atoms. The molecule has 2 unspecified atom stereocenters. The Balaban J connectivity index is 1.38. The number of rotatable bonds is 6. The number of amides is 1. The monoisotopic (exact) mass is 555 g/mol. The summed E-state index contributed by atoms with van der Waals surface area (Å²) in [5, 5.41) is 26.2. The molecule has 1 amide bonds. The van der Waals surface area contributed by atoms with Crippen LogP contribution in [0.25, 0.3) is 0 Å². The van der Waals surface area contributed by atoms with Crippen molar-refractivity contribution >= 4 is 33.0 Å². The van der Waals surface area contributed by atoms with E-state index in [0.29, 0.717) is 30.8 Å². The Morgan fingerprint density at radius 2 is 1.78 bits per heavy atom. The molecule has 5 rings (SSSR count). The molecule has 9 nitrogen and oxygen atoms in total. The highest BCUT2D eigenvalue weighted by atomic mass is 35.5. The number of hydrogen-bond acceptors (Lipinski definition) is 7. The maximum Gasteiger partial charge on any atom is 0.255 e. The molecule has 2 aliphatic carbocycles. The van der Waals surface area contributed by atoms with Crippen molar-refractivity contribution in [2.75, 3.05) is 5.32 Å². The molecule has 0 aliphatic heterocycles. The number of halogens is 4. The molecule has 14 heteroatoms. The van der Waals surface area contributed by atoms with Gasteiger partial charge in [0.2, 0.25) is 0 Å². The summed E-state index contributed by atoms with van der Waals surface area (Å²) in [4.78, 5) is 12.4. The number of fused-ring (bicyclic) bond motifs is 2. The quantitative estimate of drug-likeness (QED) is 0.396. The molecular formula is C23H21ClF3N5O4S. The van der Waals surface area contributed by atoms with Gasteiger partial charge in [-0.05, 0) is 66.1 Å². The predicted octanol–water partition coefficient (Wildman–Crippen LogP) is 3.46. The molecule has 37 heavy (non-hydrogen) atoms. The lowest BCUT2D eigenvalue weighted by Gasteiger charge is -2.42. The summed E-state index contributed by atoms with van der Waals surface area (Å²) in [7, 11) is -4.02. The minimum Gasteiger partial charge on any atom is -0.389 e. The average molecular weight is 556 g/mol. The van der Waals surface area contributed by atoms with Gasteiger partial charge in [-0.3, -0.25) is 4.79 Å². The second-order valence-corrected chi connectivity index (χ2v) is 12.1. The van der Waals surface area contributed by atoms with Gasteiger partial charge < -0.3 is 10.4 Å². The first-order chi connectivity index (χ1) is 17.5. The maximum absolute atomic E-state index is 13.6. The van der Waals surface area contributed by atoms with Crippen LogP contribution in [0, 0.1) is 29.3 Å². The average Bonchev–Trinajstić information content (AvgIpc) is 3.36. The lowest BCUT2D eigenvalue weighted by molar-refractivity contribution is -0.0590. The van der Waals surface area contributed by atoms with Gasteiger partial charge >= 0.3 is 0 Å². The Labute approximate surface area is 214 Å². The van der Waals surface area contributed by atoms with Crippen LogP contribution in [0.1, 0.15) is 41.9 Å². The molecule has 2 atom stereocenters. The maximum atomic E-state index is 13.6. The summed E-state index contributed by atoms with van der Waals surface area (Å²) >= 11 is 6.24. The summed E-state index contributed by atoms with van der Waals surface area (Å²) in [5.41, 5.74) is -1.61. The molecule has 1 heterocycles. The number of aromatic amines is 1. The summed E-state index contributed by atoms with van der Waals surface area (Å²) in [6.45, 7) is 0. The molecule has 0 radical (unpaired) electrons. The van der Waals surface area contributed by atoms with Crippen molar-refractivity contribution in [3.8, 4) is 0 Å².